The van der Waals surface area contributed by atoms with Crippen LogP contribution in [0.2, 0.25) is 0 Å². The summed E-state index contributed by atoms with van der Waals surface area (Å²) in [6, 6.07) is 1.02. The number of halogens is 1. The topological polar surface area (TPSA) is 51.0 Å². The molecule has 1 heterocycles. The lowest BCUT2D eigenvalue weighted by atomic mass is 10.1. The molecule has 1 saturated carbocycles. The number of aromatic nitrogens is 2. The summed E-state index contributed by atoms with van der Waals surface area (Å²) in [5.41, 5.74) is 0. The number of nitrogens with one attached hydrogen (secondary N) is 1. The van der Waals surface area contributed by atoms with Crippen molar-refractivity contribution < 1.29 is 4.42 Å². The Morgan fingerprint density at radius 1 is 1.47 bits per heavy atom. The molecule has 1 aliphatic rings. The maximum atomic E-state index is 5.59. The molecule has 15 heavy (non-hydrogen) atoms. The first kappa shape index (κ1) is 10.7. The molecule has 1 aliphatic carbocycles. The molecule has 2 atom stereocenters. The fourth-order valence-corrected chi connectivity index (χ4v) is 2.17. The Hall–Kier alpha value is -0.770. The van der Waals surface area contributed by atoms with Crippen LogP contribution >= 0.6 is 11.6 Å². The Kier molecular flexibility index (Phi) is 3.46. The Morgan fingerprint density at radius 3 is 3.00 bits per heavy atom. The first-order valence-corrected chi connectivity index (χ1v) is 5.98. The monoisotopic (exact) mass is 229 g/mol. The highest BCUT2D eigenvalue weighted by molar-refractivity contribution is 6.17. The molecule has 5 heteroatoms. The van der Waals surface area contributed by atoms with E-state index in [2.05, 4.69) is 22.4 Å². The molecule has 0 spiro atoms. The second-order valence-electron chi connectivity index (χ2n) is 4.10. The highest BCUT2D eigenvalue weighted by Crippen LogP contribution is 2.27. The van der Waals surface area contributed by atoms with E-state index in [1.54, 1.807) is 0 Å². The van der Waals surface area contributed by atoms with Gasteiger partial charge in [0.05, 0.1) is 0 Å². The molecule has 1 fully saturated rings. The van der Waals surface area contributed by atoms with E-state index in [1.165, 1.54) is 19.3 Å². The van der Waals surface area contributed by atoms with E-state index < -0.39 is 0 Å². The maximum Gasteiger partial charge on any atom is 0.315 e. The third kappa shape index (κ3) is 2.62. The first-order valence-electron chi connectivity index (χ1n) is 5.44. The molecule has 0 radical (unpaired) electrons. The Balaban J connectivity index is 1.92. The minimum absolute atomic E-state index is 0.481. The molecule has 0 aromatic carbocycles. The molecule has 2 unspecified atom stereocenters. The second-order valence-corrected chi connectivity index (χ2v) is 4.48. The van der Waals surface area contributed by atoms with Crippen LogP contribution in [0.4, 0.5) is 6.01 Å². The minimum Gasteiger partial charge on any atom is -0.408 e. The molecule has 0 bridgehead atoms. The van der Waals surface area contributed by atoms with Crippen molar-refractivity contribution in [1.29, 1.82) is 0 Å². The second kappa shape index (κ2) is 4.84. The van der Waals surface area contributed by atoms with Gasteiger partial charge in [-0.2, -0.15) is 0 Å². The summed E-state index contributed by atoms with van der Waals surface area (Å²) in [5, 5.41) is 11.1. The van der Waals surface area contributed by atoms with Gasteiger partial charge in [0, 0.05) is 18.3 Å². The standard InChI is InChI=1S/C10H16ClN3O/c1-7-3-2-4-8(7)12-10-14-13-9(15-10)5-6-11/h7-8H,2-6H2,1H3,(H,12,14). The number of aryl methyl sites for hydroxylation is 1. The van der Waals surface area contributed by atoms with Crippen molar-refractivity contribution in [2.24, 2.45) is 5.92 Å². The van der Waals surface area contributed by atoms with Gasteiger partial charge in [-0.1, -0.05) is 18.4 Å². The molecule has 1 aromatic rings. The van der Waals surface area contributed by atoms with Crippen LogP contribution in [0.3, 0.4) is 0 Å². The molecule has 0 saturated heterocycles. The minimum atomic E-state index is 0.481. The van der Waals surface area contributed by atoms with Gasteiger partial charge < -0.3 is 9.73 Å². The smallest absolute Gasteiger partial charge is 0.315 e. The summed E-state index contributed by atoms with van der Waals surface area (Å²) in [6.45, 7) is 2.25. The van der Waals surface area contributed by atoms with E-state index in [1.807, 2.05) is 0 Å². The number of rotatable bonds is 4. The largest absolute Gasteiger partial charge is 0.408 e. The van der Waals surface area contributed by atoms with Crippen molar-refractivity contribution in [2.45, 2.75) is 38.6 Å². The fraction of sp³-hybridized carbons (Fsp3) is 0.800. The van der Waals surface area contributed by atoms with Crippen LogP contribution in [-0.2, 0) is 6.42 Å². The quantitative estimate of drug-likeness (QED) is 0.806. The molecular formula is C10H16ClN3O. The van der Waals surface area contributed by atoms with Gasteiger partial charge in [0.15, 0.2) is 0 Å². The van der Waals surface area contributed by atoms with Gasteiger partial charge in [-0.05, 0) is 18.8 Å². The van der Waals surface area contributed by atoms with Crippen molar-refractivity contribution >= 4 is 17.6 Å². The van der Waals surface area contributed by atoms with E-state index in [4.69, 9.17) is 16.0 Å². The molecule has 1 aromatic heterocycles. The van der Waals surface area contributed by atoms with Crippen LogP contribution in [0.5, 0.6) is 0 Å². The third-order valence-electron chi connectivity index (χ3n) is 2.95. The molecule has 4 nitrogen and oxygen atoms in total. The average Bonchev–Trinajstić information content (AvgIpc) is 2.79. The van der Waals surface area contributed by atoms with Crippen molar-refractivity contribution in [1.82, 2.24) is 10.2 Å². The Bertz CT molecular complexity index is 315. The predicted octanol–water partition coefficient (Wildman–Crippen LogP) is 2.45. The summed E-state index contributed by atoms with van der Waals surface area (Å²) in [5.74, 6) is 1.81. The van der Waals surface area contributed by atoms with E-state index in [9.17, 15) is 0 Å². The van der Waals surface area contributed by atoms with E-state index >= 15 is 0 Å². The lowest BCUT2D eigenvalue weighted by molar-refractivity contribution is 0.486. The molecule has 0 aliphatic heterocycles. The molecule has 0 amide bonds. The fourth-order valence-electron chi connectivity index (χ4n) is 2.01. The normalized spacial score (nSPS) is 25.7. The van der Waals surface area contributed by atoms with Gasteiger partial charge in [0.1, 0.15) is 0 Å². The number of hydrogen-bond acceptors (Lipinski definition) is 4. The number of hydrogen-bond donors (Lipinski definition) is 1. The molecule has 1 N–H and O–H groups in total. The van der Waals surface area contributed by atoms with Gasteiger partial charge in [-0.25, -0.2) is 0 Å². The lowest BCUT2D eigenvalue weighted by Gasteiger charge is -2.14. The van der Waals surface area contributed by atoms with Crippen molar-refractivity contribution in [3.8, 4) is 0 Å². The van der Waals surface area contributed by atoms with Crippen molar-refractivity contribution in [3.63, 3.8) is 0 Å². The summed E-state index contributed by atoms with van der Waals surface area (Å²) >= 11 is 5.59. The number of nitrogens with zero attached hydrogens (tertiary/aromatic N) is 2. The third-order valence-corrected chi connectivity index (χ3v) is 3.13. The van der Waals surface area contributed by atoms with Crippen molar-refractivity contribution in [3.05, 3.63) is 5.89 Å². The summed E-state index contributed by atoms with van der Waals surface area (Å²) in [6.07, 6.45) is 4.38. The first-order chi connectivity index (χ1) is 7.29. The summed E-state index contributed by atoms with van der Waals surface area (Å²) < 4.78 is 5.42. The van der Waals surface area contributed by atoms with Crippen LogP contribution < -0.4 is 5.32 Å². The molecule has 84 valence electrons. The Labute approximate surface area is 94.4 Å². The summed E-state index contributed by atoms with van der Waals surface area (Å²) in [7, 11) is 0. The van der Waals surface area contributed by atoms with Crippen LogP contribution in [0.1, 0.15) is 32.1 Å². The van der Waals surface area contributed by atoms with Gasteiger partial charge in [-0.3, -0.25) is 0 Å². The van der Waals surface area contributed by atoms with Crippen LogP contribution in [-0.4, -0.2) is 22.1 Å². The molecule has 2 rings (SSSR count). The van der Waals surface area contributed by atoms with Crippen molar-refractivity contribution in [2.75, 3.05) is 11.2 Å². The van der Waals surface area contributed by atoms with E-state index in [0.717, 1.165) is 0 Å². The van der Waals surface area contributed by atoms with Gasteiger partial charge >= 0.3 is 6.01 Å². The molecular weight excluding hydrogens is 214 g/mol. The number of alkyl halides is 1. The highest BCUT2D eigenvalue weighted by atomic mass is 35.5. The van der Waals surface area contributed by atoms with Gasteiger partial charge in [0.2, 0.25) is 5.89 Å². The lowest BCUT2D eigenvalue weighted by Crippen LogP contribution is -2.21. The SMILES string of the molecule is CC1CCCC1Nc1nnc(CCCl)o1. The zero-order valence-corrected chi connectivity index (χ0v) is 9.63. The number of anilines is 1. The Morgan fingerprint density at radius 2 is 2.33 bits per heavy atom. The van der Waals surface area contributed by atoms with Crippen LogP contribution in [0.15, 0.2) is 4.42 Å². The van der Waals surface area contributed by atoms with E-state index in [-0.39, 0.29) is 0 Å². The zero-order valence-electron chi connectivity index (χ0n) is 8.87. The summed E-state index contributed by atoms with van der Waals surface area (Å²) in [4.78, 5) is 0. The van der Waals surface area contributed by atoms with Gasteiger partial charge in [-0.15, -0.1) is 16.7 Å². The van der Waals surface area contributed by atoms with Crippen LogP contribution in [0, 0.1) is 5.92 Å². The average molecular weight is 230 g/mol. The predicted molar refractivity (Wildman–Crippen MR) is 59.1 cm³/mol. The maximum absolute atomic E-state index is 5.59. The highest BCUT2D eigenvalue weighted by Gasteiger charge is 2.24. The van der Waals surface area contributed by atoms with E-state index in [0.29, 0.717) is 36.2 Å². The van der Waals surface area contributed by atoms with Gasteiger partial charge in [0.25, 0.3) is 0 Å². The van der Waals surface area contributed by atoms with Crippen LogP contribution in [0.25, 0.3) is 0 Å². The zero-order chi connectivity index (χ0) is 10.7.